The lowest BCUT2D eigenvalue weighted by Crippen LogP contribution is -2.24. The van der Waals surface area contributed by atoms with Crippen LogP contribution in [0.5, 0.6) is 5.75 Å². The molecule has 20 heavy (non-hydrogen) atoms. The first-order valence-electron chi connectivity index (χ1n) is 6.92. The summed E-state index contributed by atoms with van der Waals surface area (Å²) in [7, 11) is 2.08. The summed E-state index contributed by atoms with van der Waals surface area (Å²) in [6.45, 7) is 3.12. The molecule has 3 heteroatoms. The minimum atomic E-state index is 0.604. The standard InChI is InChI=1S/C17H22N2O/c1-19(12-11-18)13-15-7-9-17(10-8-15)20-14-16-5-3-2-4-6-16/h2-10H,11-14,18H2,1H3. The Labute approximate surface area is 121 Å². The molecule has 2 rings (SSSR count). The number of hydrogen-bond donors (Lipinski definition) is 1. The molecule has 0 aliphatic rings. The average molecular weight is 270 g/mol. The number of ether oxygens (including phenoxy) is 1. The molecule has 0 unspecified atom stereocenters. The highest BCUT2D eigenvalue weighted by atomic mass is 16.5. The first-order valence-corrected chi connectivity index (χ1v) is 6.92. The van der Waals surface area contributed by atoms with Gasteiger partial charge in [0, 0.05) is 19.6 Å². The van der Waals surface area contributed by atoms with E-state index in [2.05, 4.69) is 36.2 Å². The smallest absolute Gasteiger partial charge is 0.119 e. The number of likely N-dealkylation sites (N-methyl/N-ethyl adjacent to an activating group) is 1. The number of nitrogens with two attached hydrogens (primary N) is 1. The molecule has 2 aromatic carbocycles. The molecule has 2 aromatic rings. The van der Waals surface area contributed by atoms with E-state index in [1.54, 1.807) is 0 Å². The van der Waals surface area contributed by atoms with Crippen molar-refractivity contribution in [2.24, 2.45) is 5.73 Å². The second-order valence-corrected chi connectivity index (χ2v) is 4.94. The minimum absolute atomic E-state index is 0.604. The first kappa shape index (κ1) is 14.6. The van der Waals surface area contributed by atoms with Crippen LogP contribution in [0.1, 0.15) is 11.1 Å². The van der Waals surface area contributed by atoms with E-state index in [4.69, 9.17) is 10.5 Å². The molecule has 0 aromatic heterocycles. The lowest BCUT2D eigenvalue weighted by Gasteiger charge is -2.15. The molecule has 106 valence electrons. The molecule has 0 radical (unpaired) electrons. The Kier molecular flexibility index (Phi) is 5.59. The van der Waals surface area contributed by atoms with Gasteiger partial charge in [0.15, 0.2) is 0 Å². The van der Waals surface area contributed by atoms with Gasteiger partial charge in [-0.15, -0.1) is 0 Å². The van der Waals surface area contributed by atoms with Crippen molar-refractivity contribution in [3.63, 3.8) is 0 Å². The first-order chi connectivity index (χ1) is 9.78. The summed E-state index contributed by atoms with van der Waals surface area (Å²) < 4.78 is 5.77. The van der Waals surface area contributed by atoms with Crippen molar-refractivity contribution >= 4 is 0 Å². The van der Waals surface area contributed by atoms with Gasteiger partial charge in [0.1, 0.15) is 12.4 Å². The van der Waals surface area contributed by atoms with Gasteiger partial charge in [-0.2, -0.15) is 0 Å². The SMILES string of the molecule is CN(CCN)Cc1ccc(OCc2ccccc2)cc1. The van der Waals surface area contributed by atoms with Crippen LogP contribution < -0.4 is 10.5 Å². The quantitative estimate of drug-likeness (QED) is 0.840. The van der Waals surface area contributed by atoms with Gasteiger partial charge in [0.2, 0.25) is 0 Å². The van der Waals surface area contributed by atoms with Crippen LogP contribution >= 0.6 is 0 Å². The zero-order valence-corrected chi connectivity index (χ0v) is 12.0. The third-order valence-electron chi connectivity index (χ3n) is 3.13. The van der Waals surface area contributed by atoms with E-state index < -0.39 is 0 Å². The van der Waals surface area contributed by atoms with Crippen LogP contribution in [0.4, 0.5) is 0 Å². The summed E-state index contributed by atoms with van der Waals surface area (Å²) in [5.41, 5.74) is 7.99. The van der Waals surface area contributed by atoms with Crippen LogP contribution in [0.2, 0.25) is 0 Å². The molecular weight excluding hydrogens is 248 g/mol. The fourth-order valence-electron chi connectivity index (χ4n) is 2.04. The maximum atomic E-state index is 5.77. The van der Waals surface area contributed by atoms with Crippen molar-refractivity contribution in [3.05, 3.63) is 65.7 Å². The maximum Gasteiger partial charge on any atom is 0.119 e. The zero-order chi connectivity index (χ0) is 14.2. The van der Waals surface area contributed by atoms with Crippen LogP contribution in [0.15, 0.2) is 54.6 Å². The second kappa shape index (κ2) is 7.68. The zero-order valence-electron chi connectivity index (χ0n) is 12.0. The van der Waals surface area contributed by atoms with Gasteiger partial charge in [-0.05, 0) is 30.3 Å². The van der Waals surface area contributed by atoms with Crippen LogP contribution in [0.3, 0.4) is 0 Å². The number of nitrogens with zero attached hydrogens (tertiary/aromatic N) is 1. The Morgan fingerprint density at radius 2 is 1.65 bits per heavy atom. The molecule has 0 aliphatic heterocycles. The highest BCUT2D eigenvalue weighted by Gasteiger charge is 2.00. The normalized spacial score (nSPS) is 10.8. The van der Waals surface area contributed by atoms with Gasteiger partial charge >= 0.3 is 0 Å². The number of rotatable bonds is 7. The fraction of sp³-hybridized carbons (Fsp3) is 0.294. The molecule has 0 saturated carbocycles. The number of hydrogen-bond acceptors (Lipinski definition) is 3. The van der Waals surface area contributed by atoms with Crippen LogP contribution in [-0.2, 0) is 13.2 Å². The molecular formula is C17H22N2O. The summed E-state index contributed by atoms with van der Waals surface area (Å²) in [4.78, 5) is 2.21. The third kappa shape index (κ3) is 4.68. The highest BCUT2D eigenvalue weighted by molar-refractivity contribution is 5.27. The van der Waals surface area contributed by atoms with Crippen LogP contribution in [-0.4, -0.2) is 25.0 Å². The average Bonchev–Trinajstić information content (AvgIpc) is 2.48. The predicted molar refractivity (Wildman–Crippen MR) is 82.6 cm³/mol. The van der Waals surface area contributed by atoms with E-state index in [0.717, 1.165) is 18.8 Å². The Balaban J connectivity index is 1.85. The largest absolute Gasteiger partial charge is 0.489 e. The van der Waals surface area contributed by atoms with E-state index in [-0.39, 0.29) is 0 Å². The molecule has 0 bridgehead atoms. The Hall–Kier alpha value is -1.84. The van der Waals surface area contributed by atoms with Gasteiger partial charge in [0.25, 0.3) is 0 Å². The van der Waals surface area contributed by atoms with E-state index in [9.17, 15) is 0 Å². The Morgan fingerprint density at radius 1 is 0.950 bits per heavy atom. The fourth-order valence-corrected chi connectivity index (χ4v) is 2.04. The van der Waals surface area contributed by atoms with Gasteiger partial charge in [-0.25, -0.2) is 0 Å². The molecule has 3 nitrogen and oxygen atoms in total. The number of benzene rings is 2. The molecule has 0 spiro atoms. The summed E-state index contributed by atoms with van der Waals surface area (Å²) >= 11 is 0. The molecule has 0 heterocycles. The summed E-state index contributed by atoms with van der Waals surface area (Å²) in [6, 6.07) is 18.4. The Morgan fingerprint density at radius 3 is 2.30 bits per heavy atom. The molecule has 0 atom stereocenters. The van der Waals surface area contributed by atoms with Gasteiger partial charge in [-0.3, -0.25) is 0 Å². The summed E-state index contributed by atoms with van der Waals surface area (Å²) in [5, 5.41) is 0. The van der Waals surface area contributed by atoms with Crippen molar-refractivity contribution in [2.75, 3.05) is 20.1 Å². The molecule has 2 N–H and O–H groups in total. The lowest BCUT2D eigenvalue weighted by molar-refractivity contribution is 0.305. The van der Waals surface area contributed by atoms with Crippen molar-refractivity contribution < 1.29 is 4.74 Å². The Bertz CT molecular complexity index is 496. The van der Waals surface area contributed by atoms with E-state index in [0.29, 0.717) is 13.2 Å². The lowest BCUT2D eigenvalue weighted by atomic mass is 10.2. The maximum absolute atomic E-state index is 5.77. The minimum Gasteiger partial charge on any atom is -0.489 e. The van der Waals surface area contributed by atoms with E-state index in [1.807, 2.05) is 30.3 Å². The molecule has 0 amide bonds. The monoisotopic (exact) mass is 270 g/mol. The highest BCUT2D eigenvalue weighted by Crippen LogP contribution is 2.15. The van der Waals surface area contributed by atoms with Gasteiger partial charge < -0.3 is 15.4 Å². The van der Waals surface area contributed by atoms with Crippen molar-refractivity contribution in [2.45, 2.75) is 13.2 Å². The molecule has 0 aliphatic carbocycles. The summed E-state index contributed by atoms with van der Waals surface area (Å²) in [6.07, 6.45) is 0. The van der Waals surface area contributed by atoms with Crippen LogP contribution in [0, 0.1) is 0 Å². The predicted octanol–water partition coefficient (Wildman–Crippen LogP) is 2.66. The topological polar surface area (TPSA) is 38.5 Å². The van der Waals surface area contributed by atoms with E-state index >= 15 is 0 Å². The van der Waals surface area contributed by atoms with Gasteiger partial charge in [-0.1, -0.05) is 42.5 Å². The van der Waals surface area contributed by atoms with E-state index in [1.165, 1.54) is 11.1 Å². The summed E-state index contributed by atoms with van der Waals surface area (Å²) in [5.74, 6) is 0.902. The van der Waals surface area contributed by atoms with Crippen LogP contribution in [0.25, 0.3) is 0 Å². The molecule has 0 fully saturated rings. The van der Waals surface area contributed by atoms with Crippen molar-refractivity contribution in [1.29, 1.82) is 0 Å². The van der Waals surface area contributed by atoms with Crippen molar-refractivity contribution in [1.82, 2.24) is 4.90 Å². The third-order valence-corrected chi connectivity index (χ3v) is 3.13. The molecule has 0 saturated heterocycles. The second-order valence-electron chi connectivity index (χ2n) is 4.94. The van der Waals surface area contributed by atoms with Crippen molar-refractivity contribution in [3.8, 4) is 5.75 Å². The van der Waals surface area contributed by atoms with Gasteiger partial charge in [0.05, 0.1) is 0 Å².